The van der Waals surface area contributed by atoms with Crippen molar-refractivity contribution in [3.8, 4) is 0 Å². The molecule has 1 aromatic rings. The van der Waals surface area contributed by atoms with E-state index < -0.39 is 12.0 Å². The van der Waals surface area contributed by atoms with Gasteiger partial charge in [0.1, 0.15) is 6.04 Å². The summed E-state index contributed by atoms with van der Waals surface area (Å²) in [6.07, 6.45) is 1.58. The van der Waals surface area contributed by atoms with E-state index in [1.165, 1.54) is 0 Å². The van der Waals surface area contributed by atoms with Gasteiger partial charge in [-0.25, -0.2) is 0 Å². The highest BCUT2D eigenvalue weighted by atomic mass is 16.4. The van der Waals surface area contributed by atoms with E-state index in [1.54, 1.807) is 18.3 Å². The van der Waals surface area contributed by atoms with Gasteiger partial charge in [0, 0.05) is 19.3 Å². The monoisotopic (exact) mass is 196 g/mol. The summed E-state index contributed by atoms with van der Waals surface area (Å²) < 4.78 is 0. The van der Waals surface area contributed by atoms with Gasteiger partial charge in [0.05, 0.1) is 5.69 Å². The molecule has 0 aromatic carbocycles. The second-order valence-corrected chi connectivity index (χ2v) is 2.79. The van der Waals surface area contributed by atoms with Crippen LogP contribution in [-0.4, -0.2) is 33.9 Å². The van der Waals surface area contributed by atoms with Crippen LogP contribution in [-0.2, 0) is 11.3 Å². The van der Waals surface area contributed by atoms with Crippen LogP contribution in [0.5, 0.6) is 0 Å². The normalized spacial score (nSPS) is 12.4. The summed E-state index contributed by atoms with van der Waals surface area (Å²) in [5, 5.41) is 18.9. The molecule has 1 heterocycles. The van der Waals surface area contributed by atoms with Crippen molar-refractivity contribution < 1.29 is 9.90 Å². The van der Waals surface area contributed by atoms with Gasteiger partial charge >= 0.3 is 5.97 Å². The molecule has 6 heteroatoms. The van der Waals surface area contributed by atoms with E-state index in [0.717, 1.165) is 5.69 Å². The number of hydrogen-bond acceptors (Lipinski definition) is 5. The average molecular weight is 196 g/mol. The molecule has 0 fully saturated rings. The minimum atomic E-state index is -1.02. The molecule has 6 nitrogen and oxygen atoms in total. The van der Waals surface area contributed by atoms with E-state index in [2.05, 4.69) is 15.5 Å². The maximum absolute atomic E-state index is 10.3. The molecule has 14 heavy (non-hydrogen) atoms. The second-order valence-electron chi connectivity index (χ2n) is 2.79. The Kier molecular flexibility index (Phi) is 3.96. The first-order valence-electron chi connectivity index (χ1n) is 4.16. The van der Waals surface area contributed by atoms with Gasteiger partial charge in [-0.1, -0.05) is 0 Å². The molecule has 0 aliphatic rings. The lowest BCUT2D eigenvalue weighted by Crippen LogP contribution is -2.40. The summed E-state index contributed by atoms with van der Waals surface area (Å²) in [6.45, 7) is 0.681. The lowest BCUT2D eigenvalue weighted by Gasteiger charge is -2.06. The Bertz CT molecular complexity index is 291. The van der Waals surface area contributed by atoms with Crippen LogP contribution >= 0.6 is 0 Å². The predicted molar refractivity (Wildman–Crippen MR) is 49.3 cm³/mol. The molecule has 0 saturated heterocycles. The van der Waals surface area contributed by atoms with Crippen molar-refractivity contribution in [3.05, 3.63) is 24.0 Å². The quantitative estimate of drug-likeness (QED) is 0.557. The zero-order chi connectivity index (χ0) is 10.4. The summed E-state index contributed by atoms with van der Waals surface area (Å²) >= 11 is 0. The molecule has 0 radical (unpaired) electrons. The highest BCUT2D eigenvalue weighted by Gasteiger charge is 2.09. The molecule has 0 bridgehead atoms. The lowest BCUT2D eigenvalue weighted by molar-refractivity contribution is -0.138. The Morgan fingerprint density at radius 2 is 2.50 bits per heavy atom. The predicted octanol–water partition coefficient (Wildman–Crippen LogP) is -1.02. The van der Waals surface area contributed by atoms with Crippen molar-refractivity contribution in [3.63, 3.8) is 0 Å². The van der Waals surface area contributed by atoms with Gasteiger partial charge in [-0.05, 0) is 12.1 Å². The fraction of sp³-hybridized carbons (Fsp3) is 0.375. The highest BCUT2D eigenvalue weighted by molar-refractivity contribution is 5.73. The van der Waals surface area contributed by atoms with Gasteiger partial charge in [0.25, 0.3) is 0 Å². The molecule has 0 aliphatic heterocycles. The Balaban J connectivity index is 2.26. The first-order chi connectivity index (χ1) is 6.70. The van der Waals surface area contributed by atoms with E-state index >= 15 is 0 Å². The fourth-order valence-corrected chi connectivity index (χ4v) is 0.871. The maximum atomic E-state index is 10.3. The Labute approximate surface area is 81.1 Å². The number of carbonyl (C=O) groups is 1. The molecular weight excluding hydrogens is 184 g/mol. The molecule has 1 atom stereocenters. The molecule has 0 saturated carbocycles. The summed E-state index contributed by atoms with van der Waals surface area (Å²) in [4.78, 5) is 10.3. The molecule has 1 aromatic heterocycles. The number of carboxylic acid groups (broad SMARTS) is 1. The molecule has 4 N–H and O–H groups in total. The lowest BCUT2D eigenvalue weighted by atomic mass is 10.3. The summed E-state index contributed by atoms with van der Waals surface area (Å²) in [6, 6.07) is 2.68. The Morgan fingerprint density at radius 1 is 1.71 bits per heavy atom. The zero-order valence-corrected chi connectivity index (χ0v) is 7.55. The molecular formula is C8H12N4O2. The Hall–Kier alpha value is -1.53. The van der Waals surface area contributed by atoms with Gasteiger partial charge in [0.15, 0.2) is 0 Å². The minimum absolute atomic E-state index is 0.214. The number of nitrogens with one attached hydrogen (secondary N) is 1. The third-order valence-electron chi connectivity index (χ3n) is 1.62. The van der Waals surface area contributed by atoms with Crippen LogP contribution in [0.4, 0.5) is 0 Å². The smallest absolute Gasteiger partial charge is 0.321 e. The topological polar surface area (TPSA) is 101 Å². The zero-order valence-electron chi connectivity index (χ0n) is 7.55. The number of aromatic nitrogens is 2. The molecule has 0 spiro atoms. The molecule has 0 aliphatic carbocycles. The molecule has 0 amide bonds. The van der Waals surface area contributed by atoms with Crippen LogP contribution in [0.2, 0.25) is 0 Å². The van der Waals surface area contributed by atoms with Crippen molar-refractivity contribution in [2.75, 3.05) is 6.54 Å². The highest BCUT2D eigenvalue weighted by Crippen LogP contribution is 1.89. The maximum Gasteiger partial charge on any atom is 0.321 e. The van der Waals surface area contributed by atoms with Gasteiger partial charge in [-0.3, -0.25) is 4.79 Å². The van der Waals surface area contributed by atoms with Crippen LogP contribution in [0, 0.1) is 0 Å². The first-order valence-corrected chi connectivity index (χ1v) is 4.16. The van der Waals surface area contributed by atoms with Crippen molar-refractivity contribution in [2.45, 2.75) is 12.6 Å². The summed E-state index contributed by atoms with van der Waals surface area (Å²) in [5.74, 6) is -1.02. The number of nitrogens with two attached hydrogens (primary N) is 1. The summed E-state index contributed by atoms with van der Waals surface area (Å²) in [7, 11) is 0. The van der Waals surface area contributed by atoms with Crippen molar-refractivity contribution >= 4 is 5.97 Å². The number of nitrogens with zero attached hydrogens (tertiary/aromatic N) is 2. The number of rotatable bonds is 5. The van der Waals surface area contributed by atoms with E-state index in [-0.39, 0.29) is 6.54 Å². The van der Waals surface area contributed by atoms with E-state index in [1.807, 2.05) is 0 Å². The van der Waals surface area contributed by atoms with Crippen LogP contribution in [0.3, 0.4) is 0 Å². The molecule has 76 valence electrons. The van der Waals surface area contributed by atoms with Gasteiger partial charge in [0.2, 0.25) is 0 Å². The summed E-state index contributed by atoms with van der Waals surface area (Å²) in [5.41, 5.74) is 6.04. The van der Waals surface area contributed by atoms with Crippen molar-refractivity contribution in [1.29, 1.82) is 0 Å². The number of hydrogen-bond donors (Lipinski definition) is 3. The third-order valence-corrected chi connectivity index (χ3v) is 1.62. The van der Waals surface area contributed by atoms with Gasteiger partial charge in [-0.2, -0.15) is 10.2 Å². The van der Waals surface area contributed by atoms with Crippen LogP contribution in [0.25, 0.3) is 0 Å². The minimum Gasteiger partial charge on any atom is -0.480 e. The molecule has 1 rings (SSSR count). The second kappa shape index (κ2) is 5.25. The average Bonchev–Trinajstić information content (AvgIpc) is 2.19. The van der Waals surface area contributed by atoms with Gasteiger partial charge in [-0.15, -0.1) is 0 Å². The van der Waals surface area contributed by atoms with Crippen LogP contribution < -0.4 is 11.1 Å². The standard InChI is InChI=1S/C8H12N4O2/c9-7(8(13)14)5-10-4-6-2-1-3-11-12-6/h1-3,7,10H,4-5,9H2,(H,13,14). The SMILES string of the molecule is NC(CNCc1cccnn1)C(=O)O. The fourth-order valence-electron chi connectivity index (χ4n) is 0.871. The largest absolute Gasteiger partial charge is 0.480 e. The number of carboxylic acids is 1. The van der Waals surface area contributed by atoms with E-state index in [4.69, 9.17) is 10.8 Å². The first kappa shape index (κ1) is 10.6. The third kappa shape index (κ3) is 3.46. The number of aliphatic carboxylic acids is 1. The van der Waals surface area contributed by atoms with Crippen LogP contribution in [0.15, 0.2) is 18.3 Å². The van der Waals surface area contributed by atoms with Crippen molar-refractivity contribution in [2.24, 2.45) is 5.73 Å². The van der Waals surface area contributed by atoms with Crippen LogP contribution in [0.1, 0.15) is 5.69 Å². The molecule has 1 unspecified atom stereocenters. The van der Waals surface area contributed by atoms with Gasteiger partial charge < -0.3 is 16.2 Å². The van der Waals surface area contributed by atoms with E-state index in [0.29, 0.717) is 6.54 Å². The van der Waals surface area contributed by atoms with E-state index in [9.17, 15) is 4.79 Å². The van der Waals surface area contributed by atoms with Crippen molar-refractivity contribution in [1.82, 2.24) is 15.5 Å². The Morgan fingerprint density at radius 3 is 3.07 bits per heavy atom.